The average Bonchev–Trinajstić information content (AvgIpc) is 2.10. The Balaban J connectivity index is 3.07. The number of carbonyl (C=O) groups is 1. The minimum Gasteiger partial charge on any atom is -0.504 e. The zero-order valence-corrected chi connectivity index (χ0v) is 7.01. The lowest BCUT2D eigenvalue weighted by Gasteiger charge is -2.01. The zero-order valence-electron chi connectivity index (χ0n) is 7.01. The van der Waals surface area contributed by atoms with Crippen molar-refractivity contribution in [3.05, 3.63) is 23.8 Å². The lowest BCUT2D eigenvalue weighted by molar-refractivity contribution is -0.131. The minimum absolute atomic E-state index is 0.278. The maximum Gasteiger partial charge on any atom is 0.328 e. The first kappa shape index (κ1) is 9.91. The normalized spacial score (nSPS) is 10.6. The number of phenolic OH excluding ortho intramolecular Hbond substituents is 3. The molecule has 74 valence electrons. The first-order valence-corrected chi connectivity index (χ1v) is 3.66. The first-order valence-electron chi connectivity index (χ1n) is 3.66. The van der Waals surface area contributed by atoms with Crippen molar-refractivity contribution in [2.45, 2.75) is 0 Å². The third-order valence-corrected chi connectivity index (χ3v) is 1.51. The maximum atomic E-state index is 10.1. The van der Waals surface area contributed by atoms with Gasteiger partial charge in [-0.3, -0.25) is 0 Å². The zero-order chi connectivity index (χ0) is 10.7. The molecular weight excluding hydrogens is 188 g/mol. The largest absolute Gasteiger partial charge is 0.504 e. The Kier molecular flexibility index (Phi) is 2.62. The van der Waals surface area contributed by atoms with E-state index < -0.39 is 23.2 Å². The minimum atomic E-state index is -1.14. The second kappa shape index (κ2) is 3.69. The molecule has 1 aromatic carbocycles. The molecule has 0 unspecified atom stereocenters. The van der Waals surface area contributed by atoms with Crippen LogP contribution in [0.2, 0.25) is 0 Å². The van der Waals surface area contributed by atoms with Crippen LogP contribution >= 0.6 is 0 Å². The number of phenols is 3. The van der Waals surface area contributed by atoms with Crippen molar-refractivity contribution in [1.29, 1.82) is 0 Å². The molecule has 0 atom stereocenters. The van der Waals surface area contributed by atoms with E-state index in [-0.39, 0.29) is 5.56 Å². The second-order valence-corrected chi connectivity index (χ2v) is 2.58. The Morgan fingerprint density at radius 3 is 2.07 bits per heavy atom. The standard InChI is InChI=1S/C9H8O5/c10-6-3-5(1-2-8(12)13)4-7(11)9(6)14/h1-4,10-11,14H,(H,12,13)/b2-1-. The monoisotopic (exact) mass is 196 g/mol. The summed E-state index contributed by atoms with van der Waals surface area (Å²) in [6.45, 7) is 0. The number of benzene rings is 1. The summed E-state index contributed by atoms with van der Waals surface area (Å²) in [4.78, 5) is 10.1. The molecule has 0 aromatic heterocycles. The molecule has 4 N–H and O–H groups in total. The fraction of sp³-hybridized carbons (Fsp3) is 0. The Labute approximate surface area is 79.2 Å². The number of carboxylic acids is 1. The summed E-state index contributed by atoms with van der Waals surface area (Å²) in [6, 6.07) is 2.27. The summed E-state index contributed by atoms with van der Waals surface area (Å²) in [7, 11) is 0. The van der Waals surface area contributed by atoms with Gasteiger partial charge >= 0.3 is 5.97 Å². The number of carboxylic acid groups (broad SMARTS) is 1. The van der Waals surface area contributed by atoms with Crippen LogP contribution < -0.4 is 0 Å². The highest BCUT2D eigenvalue weighted by atomic mass is 16.4. The molecule has 0 heterocycles. The van der Waals surface area contributed by atoms with Crippen molar-refractivity contribution < 1.29 is 25.2 Å². The molecule has 0 saturated carbocycles. The van der Waals surface area contributed by atoms with Crippen LogP contribution in [0.1, 0.15) is 5.56 Å². The van der Waals surface area contributed by atoms with Gasteiger partial charge < -0.3 is 20.4 Å². The number of hydrogen-bond acceptors (Lipinski definition) is 4. The van der Waals surface area contributed by atoms with E-state index in [1.54, 1.807) is 0 Å². The molecule has 1 aromatic rings. The van der Waals surface area contributed by atoms with Crippen LogP contribution in [0, 0.1) is 0 Å². The fourth-order valence-electron chi connectivity index (χ4n) is 0.889. The summed E-state index contributed by atoms with van der Waals surface area (Å²) in [5, 5.41) is 35.4. The van der Waals surface area contributed by atoms with Crippen molar-refractivity contribution in [2.75, 3.05) is 0 Å². The molecule has 0 spiro atoms. The SMILES string of the molecule is O=C(O)/C=C\c1cc(O)c(O)c(O)c1. The smallest absolute Gasteiger partial charge is 0.328 e. The lowest BCUT2D eigenvalue weighted by Crippen LogP contribution is -1.85. The van der Waals surface area contributed by atoms with Crippen molar-refractivity contribution in [2.24, 2.45) is 0 Å². The van der Waals surface area contributed by atoms with E-state index >= 15 is 0 Å². The molecule has 0 aliphatic heterocycles. The van der Waals surface area contributed by atoms with Gasteiger partial charge in [0.05, 0.1) is 0 Å². The van der Waals surface area contributed by atoms with Gasteiger partial charge in [-0.2, -0.15) is 0 Å². The summed E-state index contributed by atoms with van der Waals surface area (Å²) < 4.78 is 0. The predicted octanol–water partition coefficient (Wildman–Crippen LogP) is 0.901. The number of hydrogen-bond donors (Lipinski definition) is 4. The first-order chi connectivity index (χ1) is 6.50. The van der Waals surface area contributed by atoms with E-state index in [0.29, 0.717) is 0 Å². The predicted molar refractivity (Wildman–Crippen MR) is 48.1 cm³/mol. The molecule has 1 rings (SSSR count). The quantitative estimate of drug-likeness (QED) is 0.416. The highest BCUT2D eigenvalue weighted by Crippen LogP contribution is 2.35. The molecule has 0 amide bonds. The van der Waals surface area contributed by atoms with E-state index in [4.69, 9.17) is 20.4 Å². The van der Waals surface area contributed by atoms with Gasteiger partial charge in [0, 0.05) is 6.08 Å². The number of aromatic hydroxyl groups is 3. The van der Waals surface area contributed by atoms with Crippen LogP contribution in [0.25, 0.3) is 6.08 Å². The van der Waals surface area contributed by atoms with Crippen LogP contribution in [0.5, 0.6) is 17.2 Å². The highest BCUT2D eigenvalue weighted by Gasteiger charge is 2.06. The topological polar surface area (TPSA) is 98.0 Å². The van der Waals surface area contributed by atoms with Gasteiger partial charge in [-0.05, 0) is 23.8 Å². The van der Waals surface area contributed by atoms with Crippen molar-refractivity contribution in [3.8, 4) is 17.2 Å². The van der Waals surface area contributed by atoms with Crippen LogP contribution in [0.4, 0.5) is 0 Å². The molecule has 0 aliphatic carbocycles. The van der Waals surface area contributed by atoms with Gasteiger partial charge in [0.25, 0.3) is 0 Å². The number of rotatable bonds is 2. The Morgan fingerprint density at radius 2 is 1.64 bits per heavy atom. The van der Waals surface area contributed by atoms with Crippen LogP contribution in [-0.4, -0.2) is 26.4 Å². The summed E-state index contributed by atoms with van der Waals surface area (Å²) >= 11 is 0. The molecule has 5 heteroatoms. The van der Waals surface area contributed by atoms with Gasteiger partial charge in [0.1, 0.15) is 0 Å². The molecular formula is C9H8O5. The van der Waals surface area contributed by atoms with Gasteiger partial charge in [0.15, 0.2) is 17.2 Å². The van der Waals surface area contributed by atoms with Gasteiger partial charge in [0.2, 0.25) is 0 Å². The fourth-order valence-corrected chi connectivity index (χ4v) is 0.889. The van der Waals surface area contributed by atoms with Crippen molar-refractivity contribution >= 4 is 12.0 Å². The second-order valence-electron chi connectivity index (χ2n) is 2.58. The lowest BCUT2D eigenvalue weighted by atomic mass is 10.1. The molecule has 0 aliphatic rings. The number of aliphatic carboxylic acids is 1. The van der Waals surface area contributed by atoms with E-state index in [9.17, 15) is 4.79 Å². The third-order valence-electron chi connectivity index (χ3n) is 1.51. The van der Waals surface area contributed by atoms with Gasteiger partial charge in [-0.25, -0.2) is 4.79 Å². The summed E-state index contributed by atoms with van der Waals surface area (Å²) in [5.41, 5.74) is 0.278. The van der Waals surface area contributed by atoms with Crippen molar-refractivity contribution in [1.82, 2.24) is 0 Å². The molecule has 0 radical (unpaired) electrons. The third kappa shape index (κ3) is 2.16. The van der Waals surface area contributed by atoms with E-state index in [1.165, 1.54) is 6.08 Å². The van der Waals surface area contributed by atoms with Crippen LogP contribution in [-0.2, 0) is 4.79 Å². The Hall–Kier alpha value is -2.17. The highest BCUT2D eigenvalue weighted by molar-refractivity contribution is 5.85. The van der Waals surface area contributed by atoms with Gasteiger partial charge in [-0.1, -0.05) is 0 Å². The van der Waals surface area contributed by atoms with Gasteiger partial charge in [-0.15, -0.1) is 0 Å². The Bertz CT molecular complexity index is 371. The van der Waals surface area contributed by atoms with Crippen molar-refractivity contribution in [3.63, 3.8) is 0 Å². The van der Waals surface area contributed by atoms with Crippen LogP contribution in [0.3, 0.4) is 0 Å². The maximum absolute atomic E-state index is 10.1. The molecule has 0 fully saturated rings. The molecule has 0 bridgehead atoms. The molecule has 14 heavy (non-hydrogen) atoms. The summed E-state index contributed by atoms with van der Waals surface area (Å²) in [6.07, 6.45) is 2.03. The van der Waals surface area contributed by atoms with E-state index in [2.05, 4.69) is 0 Å². The summed E-state index contributed by atoms with van der Waals surface area (Å²) in [5.74, 6) is -2.78. The van der Waals surface area contributed by atoms with E-state index in [0.717, 1.165) is 18.2 Å². The van der Waals surface area contributed by atoms with E-state index in [1.807, 2.05) is 0 Å². The molecule has 0 saturated heterocycles. The average molecular weight is 196 g/mol. The Morgan fingerprint density at radius 1 is 1.14 bits per heavy atom. The van der Waals surface area contributed by atoms with Crippen LogP contribution in [0.15, 0.2) is 18.2 Å². The molecule has 5 nitrogen and oxygen atoms in total.